The average Bonchev–Trinajstić information content (AvgIpc) is 2.16. The highest BCUT2D eigenvalue weighted by atomic mass is 19.3. The van der Waals surface area contributed by atoms with Gasteiger partial charge in [-0.25, -0.2) is 8.78 Å². The number of halogens is 2. The highest BCUT2D eigenvalue weighted by Gasteiger charge is 2.17. The summed E-state index contributed by atoms with van der Waals surface area (Å²) in [4.78, 5) is 26.0. The molecule has 0 bridgehead atoms. The fourth-order valence-corrected chi connectivity index (χ4v) is 1.08. The van der Waals surface area contributed by atoms with Gasteiger partial charge in [-0.2, -0.15) is 0 Å². The van der Waals surface area contributed by atoms with Crippen LogP contribution in [-0.2, 0) is 0 Å². The van der Waals surface area contributed by atoms with Gasteiger partial charge in [0, 0.05) is 25.5 Å². The number of nitrogens with one attached hydrogen (secondary N) is 1. The number of carbonyl (C=O) groups excluding carboxylic acids is 1. The molecule has 0 aliphatic rings. The zero-order valence-corrected chi connectivity index (χ0v) is 8.04. The molecule has 4 nitrogen and oxygen atoms in total. The lowest BCUT2D eigenvalue weighted by Crippen LogP contribution is -2.34. The predicted octanol–water partition coefficient (Wildman–Crippen LogP) is 0.712. The SMILES string of the molecule is CN(CC(F)F)C(=O)c1c[nH]ccc1=O. The summed E-state index contributed by atoms with van der Waals surface area (Å²) >= 11 is 0. The van der Waals surface area contributed by atoms with Gasteiger partial charge in [0.05, 0.1) is 6.54 Å². The molecule has 0 saturated carbocycles. The largest absolute Gasteiger partial charge is 0.367 e. The lowest BCUT2D eigenvalue weighted by Gasteiger charge is -2.15. The number of alkyl halides is 2. The van der Waals surface area contributed by atoms with Crippen LogP contribution in [0.3, 0.4) is 0 Å². The minimum absolute atomic E-state index is 0.138. The first-order valence-corrected chi connectivity index (χ1v) is 4.23. The maximum Gasteiger partial charge on any atom is 0.259 e. The topological polar surface area (TPSA) is 53.2 Å². The van der Waals surface area contributed by atoms with Crippen molar-refractivity contribution in [2.24, 2.45) is 0 Å². The second kappa shape index (κ2) is 4.68. The minimum atomic E-state index is -2.61. The van der Waals surface area contributed by atoms with Crippen LogP contribution < -0.4 is 5.43 Å². The number of pyridine rings is 1. The van der Waals surface area contributed by atoms with Crippen molar-refractivity contribution in [3.05, 3.63) is 34.2 Å². The molecule has 0 fully saturated rings. The zero-order valence-electron chi connectivity index (χ0n) is 8.04. The van der Waals surface area contributed by atoms with Gasteiger partial charge in [-0.15, -0.1) is 0 Å². The van der Waals surface area contributed by atoms with Crippen LogP contribution in [0.2, 0.25) is 0 Å². The maximum atomic E-state index is 12.0. The van der Waals surface area contributed by atoms with Crippen molar-refractivity contribution in [3.63, 3.8) is 0 Å². The summed E-state index contributed by atoms with van der Waals surface area (Å²) in [5, 5.41) is 0. The fourth-order valence-electron chi connectivity index (χ4n) is 1.08. The van der Waals surface area contributed by atoms with Crippen LogP contribution >= 0.6 is 0 Å². The van der Waals surface area contributed by atoms with Crippen molar-refractivity contribution in [1.82, 2.24) is 9.88 Å². The second-order valence-corrected chi connectivity index (χ2v) is 3.00. The van der Waals surface area contributed by atoms with E-state index in [1.165, 1.54) is 25.5 Å². The highest BCUT2D eigenvalue weighted by molar-refractivity contribution is 5.93. The summed E-state index contributed by atoms with van der Waals surface area (Å²) in [6.07, 6.45) is -0.0412. The van der Waals surface area contributed by atoms with Gasteiger partial charge in [-0.05, 0) is 0 Å². The van der Waals surface area contributed by atoms with Crippen molar-refractivity contribution in [1.29, 1.82) is 0 Å². The molecule has 0 radical (unpaired) electrons. The third kappa shape index (κ3) is 2.87. The van der Waals surface area contributed by atoms with E-state index in [1.54, 1.807) is 0 Å². The zero-order chi connectivity index (χ0) is 11.4. The van der Waals surface area contributed by atoms with Crippen LogP contribution in [-0.4, -0.2) is 35.8 Å². The Labute approximate surface area is 84.5 Å². The summed E-state index contributed by atoms with van der Waals surface area (Å²) < 4.78 is 24.0. The summed E-state index contributed by atoms with van der Waals surface area (Å²) in [6, 6.07) is 1.17. The van der Waals surface area contributed by atoms with Gasteiger partial charge in [0.1, 0.15) is 5.56 Å². The maximum absolute atomic E-state index is 12.0. The molecule has 0 unspecified atom stereocenters. The molecule has 0 aliphatic carbocycles. The number of H-pyrrole nitrogens is 1. The van der Waals surface area contributed by atoms with Crippen LogP contribution in [0.4, 0.5) is 8.78 Å². The predicted molar refractivity (Wildman–Crippen MR) is 50.0 cm³/mol. The molecule has 0 aromatic carbocycles. The monoisotopic (exact) mass is 216 g/mol. The first kappa shape index (κ1) is 11.4. The van der Waals surface area contributed by atoms with E-state index in [1.807, 2.05) is 0 Å². The van der Waals surface area contributed by atoms with Crippen LogP contribution in [0, 0.1) is 0 Å². The van der Waals surface area contributed by atoms with Gasteiger partial charge in [0.25, 0.3) is 12.3 Å². The molecular formula is C9H10F2N2O2. The molecule has 0 aliphatic heterocycles. The first-order valence-electron chi connectivity index (χ1n) is 4.23. The van der Waals surface area contributed by atoms with Gasteiger partial charge in [-0.1, -0.05) is 0 Å². The molecule has 1 aromatic heterocycles. The Morgan fingerprint density at radius 3 is 2.80 bits per heavy atom. The number of hydrogen-bond acceptors (Lipinski definition) is 2. The van der Waals surface area contributed by atoms with Gasteiger partial charge in [-0.3, -0.25) is 9.59 Å². The molecule has 6 heteroatoms. The summed E-state index contributed by atoms with van der Waals surface area (Å²) in [5.74, 6) is -0.711. The molecule has 0 saturated heterocycles. The Morgan fingerprint density at radius 2 is 2.27 bits per heavy atom. The van der Waals surface area contributed by atoms with E-state index in [9.17, 15) is 18.4 Å². The standard InChI is InChI=1S/C9H10F2N2O2/c1-13(5-8(10)11)9(15)6-4-12-3-2-7(6)14/h2-4,8H,5H2,1H3,(H,12,14). The van der Waals surface area contributed by atoms with Crippen LogP contribution in [0.15, 0.2) is 23.3 Å². The second-order valence-electron chi connectivity index (χ2n) is 3.00. The Balaban J connectivity index is 2.86. The summed E-state index contributed by atoms with van der Waals surface area (Å²) in [7, 11) is 1.22. The molecule has 1 heterocycles. The normalized spacial score (nSPS) is 10.4. The van der Waals surface area contributed by atoms with Crippen molar-refractivity contribution in [3.8, 4) is 0 Å². The third-order valence-electron chi connectivity index (χ3n) is 1.81. The molecule has 1 N–H and O–H groups in total. The quantitative estimate of drug-likeness (QED) is 0.809. The molecule has 82 valence electrons. The lowest BCUT2D eigenvalue weighted by molar-refractivity contribution is 0.0619. The van der Waals surface area contributed by atoms with E-state index < -0.39 is 24.3 Å². The van der Waals surface area contributed by atoms with E-state index in [0.29, 0.717) is 0 Å². The number of hydrogen-bond donors (Lipinski definition) is 1. The van der Waals surface area contributed by atoms with Gasteiger partial charge in [0.2, 0.25) is 0 Å². The smallest absolute Gasteiger partial charge is 0.259 e. The molecule has 0 atom stereocenters. The number of aromatic nitrogens is 1. The summed E-state index contributed by atoms with van der Waals surface area (Å²) in [6.45, 7) is -0.687. The molecule has 15 heavy (non-hydrogen) atoms. The lowest BCUT2D eigenvalue weighted by atomic mass is 10.2. The van der Waals surface area contributed by atoms with E-state index in [4.69, 9.17) is 0 Å². The van der Waals surface area contributed by atoms with Gasteiger partial charge < -0.3 is 9.88 Å². The van der Waals surface area contributed by atoms with Crippen LogP contribution in [0.1, 0.15) is 10.4 Å². The Morgan fingerprint density at radius 1 is 1.60 bits per heavy atom. The van der Waals surface area contributed by atoms with Crippen LogP contribution in [0.25, 0.3) is 0 Å². The molecule has 1 amide bonds. The molecule has 0 spiro atoms. The number of carbonyl (C=O) groups is 1. The molecule has 1 rings (SSSR count). The van der Waals surface area contributed by atoms with Crippen LogP contribution in [0.5, 0.6) is 0 Å². The van der Waals surface area contributed by atoms with Crippen molar-refractivity contribution >= 4 is 5.91 Å². The first-order chi connectivity index (χ1) is 7.02. The number of aromatic amines is 1. The number of nitrogens with zero attached hydrogens (tertiary/aromatic N) is 1. The highest BCUT2D eigenvalue weighted by Crippen LogP contribution is 2.00. The Kier molecular flexibility index (Phi) is 3.54. The third-order valence-corrected chi connectivity index (χ3v) is 1.81. The average molecular weight is 216 g/mol. The number of rotatable bonds is 3. The van der Waals surface area contributed by atoms with Gasteiger partial charge >= 0.3 is 0 Å². The van der Waals surface area contributed by atoms with E-state index in [2.05, 4.69) is 4.98 Å². The van der Waals surface area contributed by atoms with E-state index in [0.717, 1.165) is 4.90 Å². The Bertz CT molecular complexity index is 403. The molecular weight excluding hydrogens is 206 g/mol. The van der Waals surface area contributed by atoms with Gasteiger partial charge in [0.15, 0.2) is 5.43 Å². The number of amides is 1. The van der Waals surface area contributed by atoms with Crippen molar-refractivity contribution < 1.29 is 13.6 Å². The Hall–Kier alpha value is -1.72. The fraction of sp³-hybridized carbons (Fsp3) is 0.333. The minimum Gasteiger partial charge on any atom is -0.367 e. The van der Waals surface area contributed by atoms with E-state index >= 15 is 0 Å². The molecule has 1 aromatic rings. The van der Waals surface area contributed by atoms with Crippen molar-refractivity contribution in [2.75, 3.05) is 13.6 Å². The van der Waals surface area contributed by atoms with E-state index in [-0.39, 0.29) is 5.56 Å². The summed E-state index contributed by atoms with van der Waals surface area (Å²) in [5.41, 5.74) is -0.625. The van der Waals surface area contributed by atoms with Crippen molar-refractivity contribution in [2.45, 2.75) is 6.43 Å².